The van der Waals surface area contributed by atoms with E-state index in [2.05, 4.69) is 10.1 Å². The van der Waals surface area contributed by atoms with E-state index in [1.54, 1.807) is 18.2 Å². The van der Waals surface area contributed by atoms with Crippen LogP contribution in [0.15, 0.2) is 76.0 Å². The summed E-state index contributed by atoms with van der Waals surface area (Å²) in [5.41, 5.74) is 0.698. The number of carbonyl (C=O) groups excluding carboxylic acids is 1. The normalized spacial score (nSPS) is 11.8. The molecular weight excluding hydrogens is 435 g/mol. The average molecular weight is 453 g/mol. The van der Waals surface area contributed by atoms with Gasteiger partial charge in [-0.15, -0.1) is 13.2 Å². The smallest absolute Gasteiger partial charge is 0.455 e. The number of furan rings is 1. The van der Waals surface area contributed by atoms with Crippen LogP contribution in [0.3, 0.4) is 0 Å². The van der Waals surface area contributed by atoms with Crippen molar-refractivity contribution in [3.05, 3.63) is 83.8 Å². The topological polar surface area (TPSA) is 85.6 Å². The van der Waals surface area contributed by atoms with Crippen molar-refractivity contribution >= 4 is 15.7 Å². The Morgan fingerprint density at radius 2 is 1.65 bits per heavy atom. The lowest BCUT2D eigenvalue weighted by molar-refractivity contribution is -0.274. The summed E-state index contributed by atoms with van der Waals surface area (Å²) in [5, 5.41) is 2.61. The molecule has 10 heteroatoms. The molecule has 3 rings (SSSR count). The number of ether oxygens (including phenoxy) is 1. The van der Waals surface area contributed by atoms with Crippen LogP contribution in [0.4, 0.5) is 13.2 Å². The molecule has 164 valence electrons. The van der Waals surface area contributed by atoms with Crippen molar-refractivity contribution in [2.24, 2.45) is 0 Å². The van der Waals surface area contributed by atoms with E-state index in [-0.39, 0.29) is 34.5 Å². The second-order valence-electron chi connectivity index (χ2n) is 6.54. The van der Waals surface area contributed by atoms with Crippen molar-refractivity contribution in [3.63, 3.8) is 0 Å². The monoisotopic (exact) mass is 453 g/mol. The fourth-order valence-corrected chi connectivity index (χ4v) is 4.01. The zero-order valence-corrected chi connectivity index (χ0v) is 16.9. The van der Waals surface area contributed by atoms with Gasteiger partial charge in [-0.3, -0.25) is 4.79 Å². The second-order valence-corrected chi connectivity index (χ2v) is 8.53. The molecule has 0 saturated heterocycles. The largest absolute Gasteiger partial charge is 0.573 e. The molecule has 1 heterocycles. The highest BCUT2D eigenvalue weighted by atomic mass is 32.2. The van der Waals surface area contributed by atoms with Gasteiger partial charge in [0.15, 0.2) is 15.6 Å². The van der Waals surface area contributed by atoms with Crippen LogP contribution in [0.2, 0.25) is 0 Å². The highest BCUT2D eigenvalue weighted by Gasteiger charge is 2.30. The first-order valence-electron chi connectivity index (χ1n) is 9.12. The quantitative estimate of drug-likeness (QED) is 0.555. The van der Waals surface area contributed by atoms with Gasteiger partial charge in [0.1, 0.15) is 17.3 Å². The van der Waals surface area contributed by atoms with Crippen LogP contribution >= 0.6 is 0 Å². The first kappa shape index (κ1) is 22.4. The van der Waals surface area contributed by atoms with E-state index in [1.807, 2.05) is 0 Å². The minimum Gasteiger partial charge on any atom is -0.455 e. The van der Waals surface area contributed by atoms with Crippen molar-refractivity contribution in [3.8, 4) is 5.75 Å². The predicted molar refractivity (Wildman–Crippen MR) is 105 cm³/mol. The summed E-state index contributed by atoms with van der Waals surface area (Å²) in [5.74, 6) is -1.13. The molecule has 31 heavy (non-hydrogen) atoms. The molecule has 0 aliphatic carbocycles. The molecular formula is C21H18F3NO5S. The summed E-state index contributed by atoms with van der Waals surface area (Å²) in [6.07, 6.45) is -4.38. The molecule has 0 aliphatic rings. The summed E-state index contributed by atoms with van der Waals surface area (Å²) in [4.78, 5) is 12.4. The minimum atomic E-state index is -4.75. The summed E-state index contributed by atoms with van der Waals surface area (Å²) < 4.78 is 70.4. The Bertz CT molecular complexity index is 1120. The summed E-state index contributed by atoms with van der Waals surface area (Å²) in [7, 11) is -3.60. The maximum absolute atomic E-state index is 12.4. The van der Waals surface area contributed by atoms with Gasteiger partial charge < -0.3 is 14.5 Å². The molecule has 3 aromatic rings. The lowest BCUT2D eigenvalue weighted by atomic mass is 10.1. The van der Waals surface area contributed by atoms with Crippen molar-refractivity contribution in [1.29, 1.82) is 0 Å². The van der Waals surface area contributed by atoms with E-state index in [9.17, 15) is 26.4 Å². The molecule has 0 unspecified atom stereocenters. The van der Waals surface area contributed by atoms with Crippen molar-refractivity contribution in [2.45, 2.75) is 23.4 Å². The van der Waals surface area contributed by atoms with Crippen LogP contribution in [-0.2, 0) is 22.0 Å². The Kier molecular flexibility index (Phi) is 6.69. The third-order valence-corrected chi connectivity index (χ3v) is 5.83. The standard InChI is InChI=1S/C21H18F3NO5S/c22-21(23,24)30-16-8-6-15(7-9-16)12-13-25-20(26)19-11-10-17(29-19)14-31(27,28)18-4-2-1-3-5-18/h1-11H,12-14H2,(H,25,26). The van der Waals surface area contributed by atoms with Crippen LogP contribution < -0.4 is 10.1 Å². The van der Waals surface area contributed by atoms with Crippen LogP contribution in [0, 0.1) is 0 Å². The van der Waals surface area contributed by atoms with Gasteiger partial charge in [0.25, 0.3) is 5.91 Å². The Labute approximate surface area is 176 Å². The van der Waals surface area contributed by atoms with Gasteiger partial charge in [0.2, 0.25) is 0 Å². The second kappa shape index (κ2) is 9.25. The number of carbonyl (C=O) groups is 1. The fraction of sp³-hybridized carbons (Fsp3) is 0.190. The van der Waals surface area contributed by atoms with Crippen molar-refractivity contribution in [2.75, 3.05) is 6.54 Å². The molecule has 1 N–H and O–H groups in total. The highest BCUT2D eigenvalue weighted by molar-refractivity contribution is 7.90. The molecule has 0 spiro atoms. The SMILES string of the molecule is O=C(NCCc1ccc(OC(F)(F)F)cc1)c1ccc(CS(=O)(=O)c2ccccc2)o1. The Morgan fingerprint density at radius 3 is 2.29 bits per heavy atom. The number of benzene rings is 2. The van der Waals surface area contributed by atoms with E-state index in [0.717, 1.165) is 0 Å². The van der Waals surface area contributed by atoms with Crippen molar-refractivity contribution < 1.29 is 35.5 Å². The van der Waals surface area contributed by atoms with Gasteiger partial charge in [-0.1, -0.05) is 30.3 Å². The van der Waals surface area contributed by atoms with Crippen LogP contribution in [0.1, 0.15) is 21.9 Å². The fourth-order valence-electron chi connectivity index (χ4n) is 2.74. The molecule has 0 atom stereocenters. The molecule has 0 radical (unpaired) electrons. The predicted octanol–water partition coefficient (Wildman–Crippen LogP) is 4.12. The number of alkyl halides is 3. The number of hydrogen-bond acceptors (Lipinski definition) is 5. The molecule has 2 aromatic carbocycles. The zero-order chi connectivity index (χ0) is 22.5. The number of amides is 1. The maximum atomic E-state index is 12.4. The Morgan fingerprint density at radius 1 is 0.968 bits per heavy atom. The van der Waals surface area contributed by atoms with E-state index < -0.39 is 22.1 Å². The van der Waals surface area contributed by atoms with Gasteiger partial charge in [-0.2, -0.15) is 0 Å². The third kappa shape index (κ3) is 6.61. The van der Waals surface area contributed by atoms with E-state index in [0.29, 0.717) is 12.0 Å². The zero-order valence-electron chi connectivity index (χ0n) is 16.1. The van der Waals surface area contributed by atoms with Gasteiger partial charge in [0.05, 0.1) is 4.90 Å². The lowest BCUT2D eigenvalue weighted by Gasteiger charge is -2.09. The summed E-state index contributed by atoms with van der Waals surface area (Å²) in [6, 6.07) is 16.0. The highest BCUT2D eigenvalue weighted by Crippen LogP contribution is 2.23. The van der Waals surface area contributed by atoms with E-state index in [4.69, 9.17) is 4.42 Å². The Balaban J connectivity index is 1.51. The number of rotatable bonds is 8. The van der Waals surface area contributed by atoms with Gasteiger partial charge in [0, 0.05) is 6.54 Å². The lowest BCUT2D eigenvalue weighted by Crippen LogP contribution is -2.25. The van der Waals surface area contributed by atoms with Gasteiger partial charge in [-0.05, 0) is 48.4 Å². The minimum absolute atomic E-state index is 0.0350. The summed E-state index contributed by atoms with van der Waals surface area (Å²) >= 11 is 0. The van der Waals surface area contributed by atoms with E-state index >= 15 is 0 Å². The number of nitrogens with one attached hydrogen (secondary N) is 1. The van der Waals surface area contributed by atoms with Crippen molar-refractivity contribution in [1.82, 2.24) is 5.32 Å². The van der Waals surface area contributed by atoms with E-state index in [1.165, 1.54) is 48.5 Å². The van der Waals surface area contributed by atoms with Gasteiger partial charge >= 0.3 is 6.36 Å². The number of sulfone groups is 1. The molecule has 6 nitrogen and oxygen atoms in total. The number of hydrogen-bond donors (Lipinski definition) is 1. The first-order chi connectivity index (χ1) is 14.6. The molecule has 1 aromatic heterocycles. The van der Waals surface area contributed by atoms with Crippen LogP contribution in [-0.4, -0.2) is 27.2 Å². The average Bonchev–Trinajstić information content (AvgIpc) is 3.17. The Hall–Kier alpha value is -3.27. The maximum Gasteiger partial charge on any atom is 0.573 e. The molecule has 0 fully saturated rings. The van der Waals surface area contributed by atoms with Gasteiger partial charge in [-0.25, -0.2) is 8.42 Å². The number of halogens is 3. The van der Waals surface area contributed by atoms with Crippen LogP contribution in [0.5, 0.6) is 5.75 Å². The third-order valence-electron chi connectivity index (χ3n) is 4.18. The summed E-state index contributed by atoms with van der Waals surface area (Å²) in [6.45, 7) is 0.205. The molecule has 0 saturated carbocycles. The van der Waals surface area contributed by atoms with Crippen LogP contribution in [0.25, 0.3) is 0 Å². The molecule has 0 aliphatic heterocycles. The molecule has 0 bridgehead atoms. The molecule has 1 amide bonds. The first-order valence-corrected chi connectivity index (χ1v) is 10.8.